The molecule has 1 aliphatic carbocycles. The van der Waals surface area contributed by atoms with Crippen molar-refractivity contribution in [1.82, 2.24) is 0 Å². The van der Waals surface area contributed by atoms with E-state index in [1.165, 1.54) is 0 Å². The van der Waals surface area contributed by atoms with E-state index in [0.29, 0.717) is 6.61 Å². The Balaban J connectivity index is 2.09. The second-order valence-corrected chi connectivity index (χ2v) is 4.24. The van der Waals surface area contributed by atoms with Crippen LogP contribution in [0.3, 0.4) is 0 Å². The van der Waals surface area contributed by atoms with Gasteiger partial charge in [0.25, 0.3) is 0 Å². The minimum Gasteiger partial charge on any atom is -0.478 e. The summed E-state index contributed by atoms with van der Waals surface area (Å²) in [6, 6.07) is -0.139. The highest BCUT2D eigenvalue weighted by Crippen LogP contribution is 2.23. The standard InChI is InChI=1S/C11H15NO2/c1-11(2,13)9-7-14-10(12-9)8-5-3-4-6-8/h3-6,8-9,13H,7H2,1-2H3/t9-/m0/s1. The van der Waals surface area contributed by atoms with Crippen LogP contribution in [0.4, 0.5) is 0 Å². The molecule has 0 amide bonds. The third-order valence-corrected chi connectivity index (χ3v) is 2.52. The topological polar surface area (TPSA) is 41.8 Å². The summed E-state index contributed by atoms with van der Waals surface area (Å²) in [4.78, 5) is 4.38. The summed E-state index contributed by atoms with van der Waals surface area (Å²) < 4.78 is 5.46. The largest absolute Gasteiger partial charge is 0.478 e. The average Bonchev–Trinajstić information content (AvgIpc) is 2.73. The molecule has 1 atom stereocenters. The molecule has 1 N–H and O–H groups in total. The van der Waals surface area contributed by atoms with Crippen LogP contribution < -0.4 is 0 Å². The first kappa shape index (κ1) is 9.46. The summed E-state index contributed by atoms with van der Waals surface area (Å²) >= 11 is 0. The Morgan fingerprint density at radius 3 is 2.57 bits per heavy atom. The van der Waals surface area contributed by atoms with E-state index in [4.69, 9.17) is 4.74 Å². The lowest BCUT2D eigenvalue weighted by Gasteiger charge is -2.20. The first-order chi connectivity index (χ1) is 6.57. The van der Waals surface area contributed by atoms with Crippen molar-refractivity contribution in [2.24, 2.45) is 10.9 Å². The van der Waals surface area contributed by atoms with Crippen LogP contribution in [0.5, 0.6) is 0 Å². The Hall–Kier alpha value is -1.09. The number of nitrogens with zero attached hydrogens (tertiary/aromatic N) is 1. The predicted molar refractivity (Wildman–Crippen MR) is 55.2 cm³/mol. The van der Waals surface area contributed by atoms with E-state index in [1.807, 2.05) is 24.3 Å². The van der Waals surface area contributed by atoms with E-state index in [1.54, 1.807) is 13.8 Å². The van der Waals surface area contributed by atoms with Crippen molar-refractivity contribution in [1.29, 1.82) is 0 Å². The second-order valence-electron chi connectivity index (χ2n) is 4.24. The monoisotopic (exact) mass is 193 g/mol. The van der Waals surface area contributed by atoms with Gasteiger partial charge in [0.05, 0.1) is 11.5 Å². The van der Waals surface area contributed by atoms with Gasteiger partial charge in [0.1, 0.15) is 12.6 Å². The van der Waals surface area contributed by atoms with E-state index < -0.39 is 5.60 Å². The van der Waals surface area contributed by atoms with Crippen molar-refractivity contribution in [3.63, 3.8) is 0 Å². The zero-order valence-corrected chi connectivity index (χ0v) is 8.47. The highest BCUT2D eigenvalue weighted by molar-refractivity contribution is 5.84. The van der Waals surface area contributed by atoms with Crippen LogP contribution >= 0.6 is 0 Å². The van der Waals surface area contributed by atoms with E-state index in [2.05, 4.69) is 4.99 Å². The van der Waals surface area contributed by atoms with Crippen LogP contribution in [-0.4, -0.2) is 29.3 Å². The molecule has 0 saturated carbocycles. The number of hydrogen-bond acceptors (Lipinski definition) is 3. The summed E-state index contributed by atoms with van der Waals surface area (Å²) in [5.41, 5.74) is -0.798. The van der Waals surface area contributed by atoms with Crippen LogP contribution in [0.25, 0.3) is 0 Å². The lowest BCUT2D eigenvalue weighted by atomic mass is 10.0. The van der Waals surface area contributed by atoms with Gasteiger partial charge in [0, 0.05) is 0 Å². The molecule has 0 bridgehead atoms. The first-order valence-electron chi connectivity index (χ1n) is 4.85. The molecule has 0 saturated heterocycles. The van der Waals surface area contributed by atoms with Crippen molar-refractivity contribution < 1.29 is 9.84 Å². The molecular weight excluding hydrogens is 178 g/mol. The normalized spacial score (nSPS) is 26.8. The van der Waals surface area contributed by atoms with Gasteiger partial charge in [0.2, 0.25) is 0 Å². The number of aliphatic imine (C=N–C) groups is 1. The van der Waals surface area contributed by atoms with Crippen LogP contribution in [0.2, 0.25) is 0 Å². The third kappa shape index (κ3) is 1.73. The van der Waals surface area contributed by atoms with Gasteiger partial charge in [-0.1, -0.05) is 24.3 Å². The molecule has 0 spiro atoms. The van der Waals surface area contributed by atoms with Crippen molar-refractivity contribution in [3.05, 3.63) is 24.3 Å². The highest BCUT2D eigenvalue weighted by atomic mass is 16.5. The van der Waals surface area contributed by atoms with Gasteiger partial charge in [-0.3, -0.25) is 0 Å². The van der Waals surface area contributed by atoms with E-state index >= 15 is 0 Å². The van der Waals surface area contributed by atoms with Gasteiger partial charge in [0.15, 0.2) is 5.90 Å². The van der Waals surface area contributed by atoms with Crippen molar-refractivity contribution in [2.45, 2.75) is 25.5 Å². The number of ether oxygens (including phenoxy) is 1. The molecule has 76 valence electrons. The fourth-order valence-corrected chi connectivity index (χ4v) is 1.53. The predicted octanol–water partition coefficient (Wildman–Crippen LogP) is 1.30. The average molecular weight is 193 g/mol. The molecule has 0 fully saturated rings. The fourth-order valence-electron chi connectivity index (χ4n) is 1.53. The maximum atomic E-state index is 9.75. The molecule has 0 aromatic heterocycles. The second kappa shape index (κ2) is 3.24. The molecule has 3 heteroatoms. The number of allylic oxidation sites excluding steroid dienone is 2. The van der Waals surface area contributed by atoms with Crippen molar-refractivity contribution >= 4 is 5.90 Å². The van der Waals surface area contributed by atoms with Crippen LogP contribution in [0.1, 0.15) is 13.8 Å². The zero-order valence-electron chi connectivity index (χ0n) is 8.47. The van der Waals surface area contributed by atoms with Crippen LogP contribution in [-0.2, 0) is 4.74 Å². The summed E-state index contributed by atoms with van der Waals surface area (Å²) in [6.45, 7) is 4.00. The summed E-state index contributed by atoms with van der Waals surface area (Å²) in [7, 11) is 0. The molecule has 1 heterocycles. The Labute approximate surface area is 83.8 Å². The van der Waals surface area contributed by atoms with Crippen molar-refractivity contribution in [2.75, 3.05) is 6.61 Å². The molecular formula is C11H15NO2. The van der Waals surface area contributed by atoms with Gasteiger partial charge in [-0.15, -0.1) is 0 Å². The minimum atomic E-state index is -0.798. The molecule has 0 radical (unpaired) electrons. The Bertz CT molecular complexity index is 298. The zero-order chi connectivity index (χ0) is 10.2. The molecule has 0 aromatic carbocycles. The first-order valence-corrected chi connectivity index (χ1v) is 4.85. The molecule has 2 rings (SSSR count). The molecule has 2 aliphatic rings. The summed E-state index contributed by atoms with van der Waals surface area (Å²) in [5, 5.41) is 9.75. The van der Waals surface area contributed by atoms with Gasteiger partial charge in [-0.05, 0) is 13.8 Å². The Kier molecular flexibility index (Phi) is 2.19. The minimum absolute atomic E-state index is 0.139. The fraction of sp³-hybridized carbons (Fsp3) is 0.545. The quantitative estimate of drug-likeness (QED) is 0.718. The molecule has 3 nitrogen and oxygen atoms in total. The molecule has 1 aliphatic heterocycles. The summed E-state index contributed by atoms with van der Waals surface area (Å²) in [5.74, 6) is 0.893. The van der Waals surface area contributed by atoms with Crippen LogP contribution in [0.15, 0.2) is 29.3 Å². The van der Waals surface area contributed by atoms with Crippen molar-refractivity contribution in [3.8, 4) is 0 Å². The number of rotatable bonds is 2. The molecule has 0 aromatic rings. The maximum absolute atomic E-state index is 9.75. The summed E-state index contributed by atoms with van der Waals surface area (Å²) in [6.07, 6.45) is 8.03. The Morgan fingerprint density at radius 1 is 1.43 bits per heavy atom. The Morgan fingerprint density at radius 2 is 2.07 bits per heavy atom. The van der Waals surface area contributed by atoms with E-state index in [0.717, 1.165) is 5.90 Å². The molecule has 14 heavy (non-hydrogen) atoms. The smallest absolute Gasteiger partial charge is 0.194 e. The highest BCUT2D eigenvalue weighted by Gasteiger charge is 2.33. The van der Waals surface area contributed by atoms with Gasteiger partial charge >= 0.3 is 0 Å². The third-order valence-electron chi connectivity index (χ3n) is 2.52. The SMILES string of the molecule is CC(C)(O)[C@@H]1COC(C2C=CC=C2)=N1. The van der Waals surface area contributed by atoms with E-state index in [-0.39, 0.29) is 12.0 Å². The lowest BCUT2D eigenvalue weighted by molar-refractivity contribution is 0.0435. The number of hydrogen-bond donors (Lipinski definition) is 1. The van der Waals surface area contributed by atoms with Gasteiger partial charge in [-0.25, -0.2) is 4.99 Å². The lowest BCUT2D eigenvalue weighted by Crippen LogP contribution is -2.35. The van der Waals surface area contributed by atoms with Gasteiger partial charge < -0.3 is 9.84 Å². The number of aliphatic hydroxyl groups is 1. The van der Waals surface area contributed by atoms with E-state index in [9.17, 15) is 5.11 Å². The van der Waals surface area contributed by atoms with Crippen LogP contribution in [0, 0.1) is 5.92 Å². The molecule has 0 unspecified atom stereocenters. The van der Waals surface area contributed by atoms with Gasteiger partial charge in [-0.2, -0.15) is 0 Å². The maximum Gasteiger partial charge on any atom is 0.194 e.